The van der Waals surface area contributed by atoms with Crippen LogP contribution >= 0.6 is 0 Å². The van der Waals surface area contributed by atoms with Crippen molar-refractivity contribution in [1.82, 2.24) is 0 Å². The van der Waals surface area contributed by atoms with Crippen LogP contribution in [0.15, 0.2) is 42.5 Å². The summed E-state index contributed by atoms with van der Waals surface area (Å²) in [7, 11) is 3.35. The third-order valence-electron chi connectivity index (χ3n) is 4.39. The van der Waals surface area contributed by atoms with E-state index in [9.17, 15) is 0 Å². The topological polar surface area (TPSA) is 44.5 Å². The van der Waals surface area contributed by atoms with Gasteiger partial charge < -0.3 is 15.2 Å². The second-order valence-electron chi connectivity index (χ2n) is 5.54. The summed E-state index contributed by atoms with van der Waals surface area (Å²) in [5.74, 6) is 1.99. The maximum Gasteiger partial charge on any atom is 0.127 e. The molecular formula is C18H21NO2. The standard InChI is InChI=1S/C18H21NO2/c1-20-15-8-5-9-16(21-2)17(15)18(19)14-10-12-6-3-4-7-13(12)11-14/h3-9,14,18H,10-11,19H2,1-2H3. The number of hydrogen-bond donors (Lipinski definition) is 1. The van der Waals surface area contributed by atoms with Gasteiger partial charge in [0.05, 0.1) is 19.8 Å². The Kier molecular flexibility index (Phi) is 3.84. The third kappa shape index (κ3) is 2.49. The van der Waals surface area contributed by atoms with Gasteiger partial charge in [0, 0.05) is 6.04 Å². The predicted molar refractivity (Wildman–Crippen MR) is 83.8 cm³/mol. The van der Waals surface area contributed by atoms with E-state index in [1.54, 1.807) is 14.2 Å². The van der Waals surface area contributed by atoms with E-state index in [0.29, 0.717) is 5.92 Å². The van der Waals surface area contributed by atoms with Gasteiger partial charge in [0.1, 0.15) is 11.5 Å². The van der Waals surface area contributed by atoms with Gasteiger partial charge in [-0.1, -0.05) is 30.3 Å². The molecule has 2 N–H and O–H groups in total. The average molecular weight is 283 g/mol. The number of ether oxygens (including phenoxy) is 2. The zero-order valence-corrected chi connectivity index (χ0v) is 12.5. The molecule has 0 heterocycles. The summed E-state index contributed by atoms with van der Waals surface area (Å²) in [6.07, 6.45) is 2.02. The van der Waals surface area contributed by atoms with Crippen molar-refractivity contribution in [3.05, 3.63) is 59.2 Å². The number of rotatable bonds is 4. The average Bonchev–Trinajstić information content (AvgIpc) is 2.97. The first-order chi connectivity index (χ1) is 10.2. The quantitative estimate of drug-likeness (QED) is 0.937. The summed E-state index contributed by atoms with van der Waals surface area (Å²) in [5.41, 5.74) is 10.4. The maximum atomic E-state index is 6.57. The van der Waals surface area contributed by atoms with E-state index < -0.39 is 0 Å². The lowest BCUT2D eigenvalue weighted by Gasteiger charge is -2.23. The van der Waals surface area contributed by atoms with Crippen molar-refractivity contribution in [3.8, 4) is 11.5 Å². The van der Waals surface area contributed by atoms with Gasteiger partial charge >= 0.3 is 0 Å². The van der Waals surface area contributed by atoms with Crippen LogP contribution in [0.3, 0.4) is 0 Å². The molecule has 0 aromatic heterocycles. The highest BCUT2D eigenvalue weighted by Gasteiger charge is 2.30. The van der Waals surface area contributed by atoms with Crippen molar-refractivity contribution in [2.75, 3.05) is 14.2 Å². The highest BCUT2D eigenvalue weighted by molar-refractivity contribution is 5.48. The molecular weight excluding hydrogens is 262 g/mol. The van der Waals surface area contributed by atoms with Crippen molar-refractivity contribution < 1.29 is 9.47 Å². The first-order valence-electron chi connectivity index (χ1n) is 7.28. The van der Waals surface area contributed by atoms with E-state index in [0.717, 1.165) is 29.9 Å². The summed E-state index contributed by atoms with van der Waals surface area (Å²) in [4.78, 5) is 0. The highest BCUT2D eigenvalue weighted by atomic mass is 16.5. The molecule has 0 bridgehead atoms. The Labute approximate surface area is 125 Å². The number of methoxy groups -OCH3 is 2. The van der Waals surface area contributed by atoms with Crippen LogP contribution in [0.25, 0.3) is 0 Å². The fourth-order valence-electron chi connectivity index (χ4n) is 3.29. The molecule has 110 valence electrons. The van der Waals surface area contributed by atoms with E-state index in [1.165, 1.54) is 11.1 Å². The molecule has 1 atom stereocenters. The molecule has 1 aliphatic carbocycles. The minimum Gasteiger partial charge on any atom is -0.496 e. The normalized spacial score (nSPS) is 15.6. The van der Waals surface area contributed by atoms with E-state index in [4.69, 9.17) is 15.2 Å². The van der Waals surface area contributed by atoms with E-state index in [2.05, 4.69) is 24.3 Å². The van der Waals surface area contributed by atoms with Gasteiger partial charge in [-0.2, -0.15) is 0 Å². The zero-order chi connectivity index (χ0) is 14.8. The van der Waals surface area contributed by atoms with Crippen LogP contribution < -0.4 is 15.2 Å². The monoisotopic (exact) mass is 283 g/mol. The Morgan fingerprint density at radius 3 is 1.90 bits per heavy atom. The Morgan fingerprint density at radius 1 is 0.905 bits per heavy atom. The molecule has 3 rings (SSSR count). The maximum absolute atomic E-state index is 6.57. The summed E-state index contributed by atoms with van der Waals surface area (Å²) in [6, 6.07) is 14.3. The van der Waals surface area contributed by atoms with Gasteiger partial charge in [-0.15, -0.1) is 0 Å². The molecule has 0 spiro atoms. The summed E-state index contributed by atoms with van der Waals surface area (Å²) in [5, 5.41) is 0. The van der Waals surface area contributed by atoms with Crippen LogP contribution in [0.2, 0.25) is 0 Å². The summed E-state index contributed by atoms with van der Waals surface area (Å²) >= 11 is 0. The lowest BCUT2D eigenvalue weighted by molar-refractivity contribution is 0.359. The van der Waals surface area contributed by atoms with Gasteiger partial charge in [-0.25, -0.2) is 0 Å². The first kappa shape index (κ1) is 14.0. The number of nitrogens with two attached hydrogens (primary N) is 1. The molecule has 0 amide bonds. The minimum atomic E-state index is -0.0940. The van der Waals surface area contributed by atoms with Crippen molar-refractivity contribution >= 4 is 0 Å². The molecule has 0 saturated carbocycles. The van der Waals surface area contributed by atoms with Crippen molar-refractivity contribution in [1.29, 1.82) is 0 Å². The number of hydrogen-bond acceptors (Lipinski definition) is 3. The van der Waals surface area contributed by atoms with Crippen LogP contribution in [0.1, 0.15) is 22.7 Å². The molecule has 0 aliphatic heterocycles. The van der Waals surface area contributed by atoms with Gasteiger partial charge in [0.25, 0.3) is 0 Å². The summed E-state index contributed by atoms with van der Waals surface area (Å²) in [6.45, 7) is 0. The molecule has 1 aliphatic rings. The molecule has 2 aromatic carbocycles. The Morgan fingerprint density at radius 2 is 1.43 bits per heavy atom. The molecule has 21 heavy (non-hydrogen) atoms. The third-order valence-corrected chi connectivity index (χ3v) is 4.39. The lowest BCUT2D eigenvalue weighted by Crippen LogP contribution is -2.23. The minimum absolute atomic E-state index is 0.0940. The lowest BCUT2D eigenvalue weighted by atomic mass is 9.90. The molecule has 0 radical (unpaired) electrons. The second-order valence-corrected chi connectivity index (χ2v) is 5.54. The van der Waals surface area contributed by atoms with Gasteiger partial charge in [0.15, 0.2) is 0 Å². The van der Waals surface area contributed by atoms with E-state index in [1.807, 2.05) is 18.2 Å². The van der Waals surface area contributed by atoms with Crippen LogP contribution in [-0.2, 0) is 12.8 Å². The molecule has 1 unspecified atom stereocenters. The van der Waals surface area contributed by atoms with Crippen LogP contribution in [-0.4, -0.2) is 14.2 Å². The Balaban J connectivity index is 1.92. The SMILES string of the molecule is COc1cccc(OC)c1C(N)C1Cc2ccccc2C1. The highest BCUT2D eigenvalue weighted by Crippen LogP contribution is 2.41. The van der Waals surface area contributed by atoms with Crippen LogP contribution in [0.5, 0.6) is 11.5 Å². The van der Waals surface area contributed by atoms with Crippen molar-refractivity contribution in [3.63, 3.8) is 0 Å². The van der Waals surface area contributed by atoms with Gasteiger partial charge in [-0.3, -0.25) is 0 Å². The Bertz CT molecular complexity index is 592. The molecule has 0 fully saturated rings. The fourth-order valence-corrected chi connectivity index (χ4v) is 3.29. The van der Waals surface area contributed by atoms with E-state index >= 15 is 0 Å². The smallest absolute Gasteiger partial charge is 0.127 e. The molecule has 0 saturated heterocycles. The van der Waals surface area contributed by atoms with Crippen LogP contribution in [0.4, 0.5) is 0 Å². The van der Waals surface area contributed by atoms with Crippen LogP contribution in [0, 0.1) is 5.92 Å². The largest absolute Gasteiger partial charge is 0.496 e. The summed E-state index contributed by atoms with van der Waals surface area (Å²) < 4.78 is 11.0. The van der Waals surface area contributed by atoms with E-state index in [-0.39, 0.29) is 6.04 Å². The second kappa shape index (κ2) is 5.78. The van der Waals surface area contributed by atoms with Crippen molar-refractivity contribution in [2.45, 2.75) is 18.9 Å². The zero-order valence-electron chi connectivity index (χ0n) is 12.5. The first-order valence-corrected chi connectivity index (χ1v) is 7.28. The number of fused-ring (bicyclic) bond motifs is 1. The van der Waals surface area contributed by atoms with Gasteiger partial charge in [-0.05, 0) is 42.0 Å². The number of benzene rings is 2. The molecule has 2 aromatic rings. The Hall–Kier alpha value is -2.00. The molecule has 3 nitrogen and oxygen atoms in total. The van der Waals surface area contributed by atoms with Crippen molar-refractivity contribution in [2.24, 2.45) is 11.7 Å². The fraction of sp³-hybridized carbons (Fsp3) is 0.333. The van der Waals surface area contributed by atoms with Gasteiger partial charge in [0.2, 0.25) is 0 Å². The predicted octanol–water partition coefficient (Wildman–Crippen LogP) is 3.12. The molecule has 3 heteroatoms.